The first kappa shape index (κ1) is 9.26. The molecule has 1 rings (SSSR count). The molecule has 2 atom stereocenters. The second-order valence-electron chi connectivity index (χ2n) is 3.14. The van der Waals surface area contributed by atoms with Crippen LogP contribution in [-0.2, 0) is 9.53 Å². The highest BCUT2D eigenvalue weighted by molar-refractivity contribution is 5.82. The Labute approximate surface area is 72.6 Å². The van der Waals surface area contributed by atoms with Gasteiger partial charge in [0.15, 0.2) is 0 Å². The van der Waals surface area contributed by atoms with Crippen LogP contribution in [0.1, 0.15) is 19.8 Å². The molecule has 2 N–H and O–H groups in total. The van der Waals surface area contributed by atoms with Crippen molar-refractivity contribution in [3.63, 3.8) is 0 Å². The molecule has 12 heavy (non-hydrogen) atoms. The molecular formula is C9H15NO2. The maximum atomic E-state index is 11.3. The monoisotopic (exact) mass is 169 g/mol. The maximum absolute atomic E-state index is 11.3. The number of carbonyl (C=O) groups is 1. The zero-order chi connectivity index (χ0) is 9.19. The van der Waals surface area contributed by atoms with Crippen LogP contribution in [0.5, 0.6) is 0 Å². The number of ether oxygens (including phenoxy) is 1. The van der Waals surface area contributed by atoms with Crippen molar-refractivity contribution in [1.29, 1.82) is 0 Å². The number of hydrogen-bond acceptors (Lipinski definition) is 3. The van der Waals surface area contributed by atoms with Gasteiger partial charge in [0, 0.05) is 5.92 Å². The summed E-state index contributed by atoms with van der Waals surface area (Å²) in [6, 6.07) is 0. The summed E-state index contributed by atoms with van der Waals surface area (Å²) in [5.41, 5.74) is 5.06. The largest absolute Gasteiger partial charge is 0.465 e. The normalized spacial score (nSPS) is 33.7. The van der Waals surface area contributed by atoms with Crippen molar-refractivity contribution in [3.8, 4) is 0 Å². The molecule has 1 aliphatic rings. The van der Waals surface area contributed by atoms with E-state index in [4.69, 9.17) is 10.5 Å². The fourth-order valence-electron chi connectivity index (χ4n) is 1.47. The van der Waals surface area contributed by atoms with Gasteiger partial charge in [0.25, 0.3) is 0 Å². The minimum Gasteiger partial charge on any atom is -0.465 e. The molecule has 0 spiro atoms. The highest BCUT2D eigenvalue weighted by Gasteiger charge is 2.49. The van der Waals surface area contributed by atoms with Gasteiger partial charge in [0.1, 0.15) is 5.54 Å². The van der Waals surface area contributed by atoms with E-state index in [-0.39, 0.29) is 11.9 Å². The summed E-state index contributed by atoms with van der Waals surface area (Å²) in [7, 11) is 0. The first-order valence-electron chi connectivity index (χ1n) is 4.23. The van der Waals surface area contributed by atoms with Gasteiger partial charge >= 0.3 is 5.97 Å². The van der Waals surface area contributed by atoms with Crippen LogP contribution in [-0.4, -0.2) is 18.1 Å². The van der Waals surface area contributed by atoms with Crippen molar-refractivity contribution in [3.05, 3.63) is 12.7 Å². The minimum absolute atomic E-state index is 0.0940. The molecule has 1 fully saturated rings. The SMILES string of the molecule is C=CC1CCC1(N)C(=O)OCC. The van der Waals surface area contributed by atoms with E-state index in [9.17, 15) is 4.79 Å². The van der Waals surface area contributed by atoms with Crippen LogP contribution in [0.15, 0.2) is 12.7 Å². The lowest BCUT2D eigenvalue weighted by atomic mass is 9.67. The van der Waals surface area contributed by atoms with Crippen LogP contribution in [0.3, 0.4) is 0 Å². The van der Waals surface area contributed by atoms with E-state index < -0.39 is 5.54 Å². The standard InChI is InChI=1S/C9H15NO2/c1-3-7-5-6-9(7,10)8(11)12-4-2/h3,7H,1,4-6,10H2,2H3. The molecule has 0 aromatic heterocycles. The van der Waals surface area contributed by atoms with E-state index in [0.717, 1.165) is 6.42 Å². The van der Waals surface area contributed by atoms with Crippen LogP contribution >= 0.6 is 0 Å². The topological polar surface area (TPSA) is 52.3 Å². The van der Waals surface area contributed by atoms with E-state index in [2.05, 4.69) is 6.58 Å². The molecule has 0 amide bonds. The number of nitrogens with two attached hydrogens (primary N) is 1. The lowest BCUT2D eigenvalue weighted by molar-refractivity contribution is -0.155. The molecule has 0 bridgehead atoms. The Morgan fingerprint density at radius 3 is 2.92 bits per heavy atom. The maximum Gasteiger partial charge on any atom is 0.326 e. The minimum atomic E-state index is -0.780. The summed E-state index contributed by atoms with van der Waals surface area (Å²) < 4.78 is 4.87. The third-order valence-corrected chi connectivity index (χ3v) is 2.47. The van der Waals surface area contributed by atoms with Gasteiger partial charge in [0.05, 0.1) is 6.61 Å². The summed E-state index contributed by atoms with van der Waals surface area (Å²) in [5, 5.41) is 0. The predicted molar refractivity (Wildman–Crippen MR) is 46.5 cm³/mol. The molecule has 3 nitrogen and oxygen atoms in total. The average Bonchev–Trinajstić information content (AvgIpc) is 2.02. The fourth-order valence-corrected chi connectivity index (χ4v) is 1.47. The molecule has 0 aromatic carbocycles. The molecule has 2 unspecified atom stereocenters. The Morgan fingerprint density at radius 2 is 2.58 bits per heavy atom. The van der Waals surface area contributed by atoms with Gasteiger partial charge in [-0.15, -0.1) is 6.58 Å². The van der Waals surface area contributed by atoms with Gasteiger partial charge in [-0.25, -0.2) is 0 Å². The van der Waals surface area contributed by atoms with E-state index in [1.54, 1.807) is 13.0 Å². The molecular weight excluding hydrogens is 154 g/mol. The van der Waals surface area contributed by atoms with Crippen molar-refractivity contribution in [2.45, 2.75) is 25.3 Å². The third kappa shape index (κ3) is 1.25. The molecule has 0 aliphatic heterocycles. The third-order valence-electron chi connectivity index (χ3n) is 2.47. The van der Waals surface area contributed by atoms with Crippen molar-refractivity contribution in [2.24, 2.45) is 11.7 Å². The van der Waals surface area contributed by atoms with Gasteiger partial charge in [-0.2, -0.15) is 0 Å². The van der Waals surface area contributed by atoms with Crippen LogP contribution in [0.2, 0.25) is 0 Å². The zero-order valence-electron chi connectivity index (χ0n) is 7.38. The molecule has 0 aromatic rings. The lowest BCUT2D eigenvalue weighted by Gasteiger charge is -2.42. The molecule has 0 saturated heterocycles. The predicted octanol–water partition coefficient (Wildman–Crippen LogP) is 0.843. The fraction of sp³-hybridized carbons (Fsp3) is 0.667. The Morgan fingerprint density at radius 1 is 1.92 bits per heavy atom. The summed E-state index contributed by atoms with van der Waals surface area (Å²) in [5.74, 6) is -0.197. The number of rotatable bonds is 3. The molecule has 0 radical (unpaired) electrons. The summed E-state index contributed by atoms with van der Waals surface area (Å²) in [4.78, 5) is 11.3. The first-order chi connectivity index (χ1) is 5.65. The first-order valence-corrected chi connectivity index (χ1v) is 4.23. The van der Waals surface area contributed by atoms with Crippen LogP contribution in [0.4, 0.5) is 0 Å². The summed E-state index contributed by atoms with van der Waals surface area (Å²) in [6.45, 7) is 5.80. The smallest absolute Gasteiger partial charge is 0.326 e. The Kier molecular flexibility index (Phi) is 2.52. The van der Waals surface area contributed by atoms with Gasteiger partial charge < -0.3 is 10.5 Å². The molecule has 1 aliphatic carbocycles. The van der Waals surface area contributed by atoms with E-state index in [1.807, 2.05) is 0 Å². The van der Waals surface area contributed by atoms with Crippen LogP contribution in [0.25, 0.3) is 0 Å². The Bertz CT molecular complexity index is 203. The van der Waals surface area contributed by atoms with Crippen molar-refractivity contribution in [2.75, 3.05) is 6.61 Å². The average molecular weight is 169 g/mol. The summed E-state index contributed by atoms with van der Waals surface area (Å²) in [6.07, 6.45) is 3.39. The van der Waals surface area contributed by atoms with Gasteiger partial charge in [-0.3, -0.25) is 4.79 Å². The van der Waals surface area contributed by atoms with Gasteiger partial charge in [-0.1, -0.05) is 6.08 Å². The van der Waals surface area contributed by atoms with E-state index in [1.165, 1.54) is 0 Å². The number of hydrogen-bond donors (Lipinski definition) is 1. The second kappa shape index (κ2) is 3.27. The summed E-state index contributed by atoms with van der Waals surface area (Å²) >= 11 is 0. The van der Waals surface area contributed by atoms with Crippen molar-refractivity contribution >= 4 is 5.97 Å². The van der Waals surface area contributed by atoms with Crippen molar-refractivity contribution < 1.29 is 9.53 Å². The zero-order valence-corrected chi connectivity index (χ0v) is 7.38. The number of carbonyl (C=O) groups excluding carboxylic acids is 1. The van der Waals surface area contributed by atoms with Crippen LogP contribution < -0.4 is 5.73 Å². The van der Waals surface area contributed by atoms with Crippen LogP contribution in [0, 0.1) is 5.92 Å². The molecule has 3 heteroatoms. The van der Waals surface area contributed by atoms with Gasteiger partial charge in [-0.05, 0) is 19.8 Å². The Hall–Kier alpha value is -0.830. The lowest BCUT2D eigenvalue weighted by Crippen LogP contribution is -2.60. The van der Waals surface area contributed by atoms with E-state index >= 15 is 0 Å². The highest BCUT2D eigenvalue weighted by atomic mass is 16.5. The van der Waals surface area contributed by atoms with E-state index in [0.29, 0.717) is 13.0 Å². The number of esters is 1. The quantitative estimate of drug-likeness (QED) is 0.503. The Balaban J connectivity index is 2.59. The molecule has 1 saturated carbocycles. The molecule has 68 valence electrons. The van der Waals surface area contributed by atoms with Gasteiger partial charge in [0.2, 0.25) is 0 Å². The highest BCUT2D eigenvalue weighted by Crippen LogP contribution is 2.37. The molecule has 0 heterocycles. The second-order valence-corrected chi connectivity index (χ2v) is 3.14. The van der Waals surface area contributed by atoms with Crippen molar-refractivity contribution in [1.82, 2.24) is 0 Å².